The van der Waals surface area contributed by atoms with Crippen molar-refractivity contribution in [1.82, 2.24) is 4.31 Å². The van der Waals surface area contributed by atoms with Crippen LogP contribution in [0.4, 0.5) is 5.69 Å². The average Bonchev–Trinajstić information content (AvgIpc) is 2.67. The molecule has 0 aromatic heterocycles. The first-order valence-corrected chi connectivity index (χ1v) is 10.2. The molecule has 0 radical (unpaired) electrons. The Bertz CT molecular complexity index is 989. The molecule has 0 aliphatic rings. The Labute approximate surface area is 167 Å². The first kappa shape index (κ1) is 21.8. The number of rotatable bonds is 8. The molecule has 150 valence electrons. The van der Waals surface area contributed by atoms with Gasteiger partial charge in [0.2, 0.25) is 10.0 Å². The number of benzene rings is 2. The molecule has 0 heterocycles. The zero-order chi connectivity index (χ0) is 20.9. The van der Waals surface area contributed by atoms with E-state index in [-0.39, 0.29) is 46.4 Å². The number of para-hydroxylation sites is 1. The van der Waals surface area contributed by atoms with E-state index >= 15 is 0 Å². The van der Waals surface area contributed by atoms with Gasteiger partial charge in [0.1, 0.15) is 11.5 Å². The van der Waals surface area contributed by atoms with Crippen LogP contribution in [0.25, 0.3) is 0 Å². The van der Waals surface area contributed by atoms with Crippen LogP contribution in [0.3, 0.4) is 0 Å². The lowest BCUT2D eigenvalue weighted by molar-refractivity contribution is -0.385. The maximum atomic E-state index is 12.7. The number of nitro benzene ring substituents is 1. The zero-order valence-electron chi connectivity index (χ0n) is 15.3. The Hall–Kier alpha value is -2.49. The van der Waals surface area contributed by atoms with Crippen molar-refractivity contribution in [3.63, 3.8) is 0 Å². The molecule has 0 spiro atoms. The van der Waals surface area contributed by atoms with E-state index in [0.29, 0.717) is 0 Å². The van der Waals surface area contributed by atoms with Gasteiger partial charge in [-0.05, 0) is 24.3 Å². The van der Waals surface area contributed by atoms with E-state index in [0.717, 1.165) is 6.07 Å². The zero-order valence-corrected chi connectivity index (χ0v) is 16.9. The molecule has 10 heteroatoms. The first-order valence-electron chi connectivity index (χ1n) is 8.41. The average molecular weight is 427 g/mol. The monoisotopic (exact) mass is 426 g/mol. The number of sulfonamides is 1. The summed E-state index contributed by atoms with van der Waals surface area (Å²) in [6.45, 7) is 3.57. The standard InChI is InChI=1S/C18H19ClN2O6S/c1-3-20(4-2)28(25,26)17-11-13(9-10-15(17)19)18(22)27-12-14-7-5-6-8-16(14)21(23)24/h5-11H,3-4,12H2,1-2H3. The summed E-state index contributed by atoms with van der Waals surface area (Å²) in [4.78, 5) is 22.6. The van der Waals surface area contributed by atoms with Crippen molar-refractivity contribution in [2.45, 2.75) is 25.3 Å². The molecule has 0 aliphatic heterocycles. The van der Waals surface area contributed by atoms with E-state index in [1.165, 1.54) is 34.6 Å². The number of carbonyl (C=O) groups excluding carboxylic acids is 1. The Morgan fingerprint density at radius 1 is 1.18 bits per heavy atom. The van der Waals surface area contributed by atoms with Gasteiger partial charge in [0.05, 0.1) is 21.1 Å². The summed E-state index contributed by atoms with van der Waals surface area (Å²) in [7, 11) is -3.87. The van der Waals surface area contributed by atoms with Crippen molar-refractivity contribution in [1.29, 1.82) is 0 Å². The second-order valence-corrected chi connectivity index (χ2v) is 8.01. The van der Waals surface area contributed by atoms with Gasteiger partial charge >= 0.3 is 5.97 Å². The van der Waals surface area contributed by atoms with Crippen molar-refractivity contribution < 1.29 is 22.9 Å². The predicted octanol–water partition coefficient (Wildman–Crippen LogP) is 3.64. The fraction of sp³-hybridized carbons (Fsp3) is 0.278. The van der Waals surface area contributed by atoms with Crippen LogP contribution in [-0.2, 0) is 21.4 Å². The van der Waals surface area contributed by atoms with Crippen molar-refractivity contribution >= 4 is 33.3 Å². The molecule has 0 unspecified atom stereocenters. The normalized spacial score (nSPS) is 11.4. The molecule has 2 aromatic carbocycles. The van der Waals surface area contributed by atoms with Crippen molar-refractivity contribution in [2.24, 2.45) is 0 Å². The largest absolute Gasteiger partial charge is 0.457 e. The van der Waals surface area contributed by atoms with Crippen LogP contribution in [0.5, 0.6) is 0 Å². The van der Waals surface area contributed by atoms with Crippen LogP contribution in [0, 0.1) is 10.1 Å². The van der Waals surface area contributed by atoms with Gasteiger partial charge in [-0.3, -0.25) is 10.1 Å². The molecule has 0 fully saturated rings. The number of hydrogen-bond donors (Lipinski definition) is 0. The fourth-order valence-electron chi connectivity index (χ4n) is 2.57. The third-order valence-electron chi connectivity index (χ3n) is 4.04. The summed E-state index contributed by atoms with van der Waals surface area (Å²) in [6, 6.07) is 9.67. The molecular weight excluding hydrogens is 408 g/mol. The molecule has 0 amide bonds. The Morgan fingerprint density at radius 3 is 2.43 bits per heavy atom. The maximum absolute atomic E-state index is 12.7. The fourth-order valence-corrected chi connectivity index (χ4v) is 4.53. The van der Waals surface area contributed by atoms with Crippen molar-refractivity contribution in [3.05, 3.63) is 68.7 Å². The van der Waals surface area contributed by atoms with Gasteiger partial charge in [-0.25, -0.2) is 13.2 Å². The van der Waals surface area contributed by atoms with E-state index in [9.17, 15) is 23.3 Å². The molecule has 0 aliphatic carbocycles. The van der Waals surface area contributed by atoms with Gasteiger partial charge in [0.25, 0.3) is 5.69 Å². The summed E-state index contributed by atoms with van der Waals surface area (Å²) in [5.41, 5.74) is 0.0377. The minimum absolute atomic E-state index is 0.0119. The Balaban J connectivity index is 2.27. The molecular formula is C18H19ClN2O6S. The van der Waals surface area contributed by atoms with E-state index in [2.05, 4.69) is 0 Å². The number of nitro groups is 1. The van der Waals surface area contributed by atoms with Crippen LogP contribution < -0.4 is 0 Å². The number of halogens is 1. The maximum Gasteiger partial charge on any atom is 0.338 e. The van der Waals surface area contributed by atoms with Crippen LogP contribution in [0.1, 0.15) is 29.8 Å². The summed E-state index contributed by atoms with van der Waals surface area (Å²) in [5.74, 6) is -0.814. The molecule has 0 N–H and O–H groups in total. The quantitative estimate of drug-likeness (QED) is 0.362. The van der Waals surface area contributed by atoms with Crippen LogP contribution in [0.15, 0.2) is 47.4 Å². The van der Waals surface area contributed by atoms with Crippen molar-refractivity contribution in [2.75, 3.05) is 13.1 Å². The highest BCUT2D eigenvalue weighted by molar-refractivity contribution is 7.89. The van der Waals surface area contributed by atoms with E-state index < -0.39 is 20.9 Å². The Kier molecular flexibility index (Phi) is 7.11. The topological polar surface area (TPSA) is 107 Å². The highest BCUT2D eigenvalue weighted by Gasteiger charge is 2.26. The number of esters is 1. The number of nitrogens with zero attached hydrogens (tertiary/aromatic N) is 2. The molecule has 28 heavy (non-hydrogen) atoms. The third kappa shape index (κ3) is 4.67. The summed E-state index contributed by atoms with van der Waals surface area (Å²) in [6.07, 6.45) is 0. The summed E-state index contributed by atoms with van der Waals surface area (Å²) in [5, 5.41) is 11.0. The second-order valence-electron chi connectivity index (χ2n) is 5.70. The highest BCUT2D eigenvalue weighted by Crippen LogP contribution is 2.26. The third-order valence-corrected chi connectivity index (χ3v) is 6.57. The molecule has 0 bridgehead atoms. The molecule has 8 nitrogen and oxygen atoms in total. The van der Waals surface area contributed by atoms with Gasteiger partial charge < -0.3 is 4.74 Å². The van der Waals surface area contributed by atoms with E-state index in [1.807, 2.05) is 0 Å². The minimum Gasteiger partial charge on any atom is -0.457 e. The van der Waals surface area contributed by atoms with E-state index in [1.54, 1.807) is 19.9 Å². The SMILES string of the molecule is CCN(CC)S(=O)(=O)c1cc(C(=O)OCc2ccccc2[N+](=O)[O-])ccc1Cl. The number of carbonyl (C=O) groups is 1. The molecule has 0 saturated heterocycles. The van der Waals surface area contributed by atoms with Crippen LogP contribution in [-0.4, -0.2) is 36.7 Å². The highest BCUT2D eigenvalue weighted by atomic mass is 35.5. The Morgan fingerprint density at radius 2 is 1.82 bits per heavy atom. The molecule has 0 saturated carbocycles. The lowest BCUT2D eigenvalue weighted by Crippen LogP contribution is -2.31. The van der Waals surface area contributed by atoms with Crippen LogP contribution in [0.2, 0.25) is 5.02 Å². The van der Waals surface area contributed by atoms with Gasteiger partial charge in [-0.2, -0.15) is 4.31 Å². The number of hydrogen-bond acceptors (Lipinski definition) is 6. The van der Waals surface area contributed by atoms with Gasteiger partial charge in [0, 0.05) is 19.2 Å². The smallest absolute Gasteiger partial charge is 0.338 e. The van der Waals surface area contributed by atoms with Gasteiger partial charge in [-0.15, -0.1) is 0 Å². The second kappa shape index (κ2) is 9.13. The summed E-state index contributed by atoms with van der Waals surface area (Å²) < 4.78 is 31.8. The predicted molar refractivity (Wildman–Crippen MR) is 104 cm³/mol. The lowest BCUT2D eigenvalue weighted by atomic mass is 10.2. The molecule has 2 aromatic rings. The summed E-state index contributed by atoms with van der Waals surface area (Å²) >= 11 is 6.04. The van der Waals surface area contributed by atoms with Gasteiger partial charge in [0.15, 0.2) is 0 Å². The van der Waals surface area contributed by atoms with Crippen LogP contribution >= 0.6 is 11.6 Å². The molecule has 0 atom stereocenters. The molecule has 2 rings (SSSR count). The van der Waals surface area contributed by atoms with Gasteiger partial charge in [-0.1, -0.05) is 37.6 Å². The lowest BCUT2D eigenvalue weighted by Gasteiger charge is -2.19. The number of ether oxygens (including phenoxy) is 1. The first-order chi connectivity index (χ1) is 13.2. The minimum atomic E-state index is -3.87. The van der Waals surface area contributed by atoms with E-state index in [4.69, 9.17) is 16.3 Å². The van der Waals surface area contributed by atoms with Crippen molar-refractivity contribution in [3.8, 4) is 0 Å².